The van der Waals surface area contributed by atoms with Crippen LogP contribution in [-0.4, -0.2) is 29.6 Å². The fourth-order valence-electron chi connectivity index (χ4n) is 3.20. The van der Waals surface area contributed by atoms with E-state index in [1.54, 1.807) is 43.3 Å². The Labute approximate surface area is 177 Å². The van der Waals surface area contributed by atoms with E-state index in [-0.39, 0.29) is 17.9 Å². The number of carbonyl (C=O) groups excluding carboxylic acids is 1. The van der Waals surface area contributed by atoms with Crippen molar-refractivity contribution in [1.82, 2.24) is 9.55 Å². The van der Waals surface area contributed by atoms with Crippen LogP contribution in [0.1, 0.15) is 13.3 Å². The molecule has 0 spiro atoms. The summed E-state index contributed by atoms with van der Waals surface area (Å²) in [4.78, 5) is 29.4. The van der Waals surface area contributed by atoms with Crippen LogP contribution in [0.3, 0.4) is 0 Å². The number of amides is 1. The van der Waals surface area contributed by atoms with Crippen molar-refractivity contribution < 1.29 is 17.6 Å². The van der Waals surface area contributed by atoms with Gasteiger partial charge < -0.3 is 9.73 Å². The largest absolute Gasteiger partial charge is 0.448 e. The van der Waals surface area contributed by atoms with E-state index in [1.807, 2.05) is 12.1 Å². The molecule has 0 saturated carbocycles. The van der Waals surface area contributed by atoms with Gasteiger partial charge in [-0.05, 0) is 42.8 Å². The summed E-state index contributed by atoms with van der Waals surface area (Å²) >= 11 is 0. The van der Waals surface area contributed by atoms with Gasteiger partial charge >= 0.3 is 0 Å². The maximum Gasteiger partial charge on any atom is 0.297 e. The molecule has 0 atom stereocenters. The van der Waals surface area contributed by atoms with Crippen LogP contribution < -0.4 is 15.6 Å². The van der Waals surface area contributed by atoms with Crippen molar-refractivity contribution in [2.45, 2.75) is 19.9 Å². The first-order chi connectivity index (χ1) is 14.9. The average molecular weight is 440 g/mol. The van der Waals surface area contributed by atoms with Crippen LogP contribution in [0.2, 0.25) is 0 Å². The van der Waals surface area contributed by atoms with Gasteiger partial charge in [0.1, 0.15) is 17.6 Å². The van der Waals surface area contributed by atoms with Gasteiger partial charge in [0.2, 0.25) is 21.5 Å². The molecule has 0 aliphatic rings. The number of fused-ring (bicyclic) bond motifs is 3. The molecule has 0 bridgehead atoms. The fourth-order valence-corrected chi connectivity index (χ4v) is 4.34. The van der Waals surface area contributed by atoms with Gasteiger partial charge in [-0.25, -0.2) is 13.4 Å². The number of carbonyl (C=O) groups is 1. The quantitative estimate of drug-likeness (QED) is 0.455. The van der Waals surface area contributed by atoms with Gasteiger partial charge in [-0.15, -0.1) is 0 Å². The number of anilines is 2. The third kappa shape index (κ3) is 4.43. The van der Waals surface area contributed by atoms with E-state index in [1.165, 1.54) is 10.9 Å². The van der Waals surface area contributed by atoms with Crippen LogP contribution in [0.5, 0.6) is 0 Å². The molecule has 160 valence electrons. The third-order valence-electron chi connectivity index (χ3n) is 4.58. The number of benzene rings is 2. The molecule has 2 aromatic carbocycles. The third-order valence-corrected chi connectivity index (χ3v) is 6.07. The van der Waals surface area contributed by atoms with E-state index in [0.717, 1.165) is 5.39 Å². The number of hydrogen-bond donors (Lipinski definition) is 2. The number of sulfonamides is 1. The van der Waals surface area contributed by atoms with E-state index in [2.05, 4.69) is 15.0 Å². The highest BCUT2D eigenvalue weighted by Crippen LogP contribution is 2.24. The lowest BCUT2D eigenvalue weighted by Crippen LogP contribution is -2.27. The van der Waals surface area contributed by atoms with Crippen LogP contribution in [-0.2, 0) is 21.4 Å². The van der Waals surface area contributed by atoms with Crippen molar-refractivity contribution in [2.75, 3.05) is 15.8 Å². The molecule has 1 amide bonds. The molecule has 2 heterocycles. The molecule has 0 radical (unpaired) electrons. The second-order valence-corrected chi connectivity index (χ2v) is 8.84. The van der Waals surface area contributed by atoms with Crippen molar-refractivity contribution in [3.63, 3.8) is 0 Å². The second-order valence-electron chi connectivity index (χ2n) is 7.00. The minimum Gasteiger partial charge on any atom is -0.448 e. The SMILES string of the molecule is CCCS(=O)(=O)Nc1ccc(NC(=O)Cn2cnc3c(oc4ccccc43)c2=O)cc1. The van der Waals surface area contributed by atoms with E-state index in [0.29, 0.717) is 28.9 Å². The summed E-state index contributed by atoms with van der Waals surface area (Å²) in [7, 11) is -3.39. The Morgan fingerprint density at radius 3 is 2.55 bits per heavy atom. The van der Waals surface area contributed by atoms with Crippen LogP contribution in [0.15, 0.2) is 64.1 Å². The first-order valence-corrected chi connectivity index (χ1v) is 11.3. The van der Waals surface area contributed by atoms with Crippen LogP contribution in [0, 0.1) is 0 Å². The Bertz CT molecular complexity index is 1420. The van der Waals surface area contributed by atoms with Gasteiger partial charge in [-0.2, -0.15) is 0 Å². The summed E-state index contributed by atoms with van der Waals surface area (Å²) in [6, 6.07) is 13.5. The lowest BCUT2D eigenvalue weighted by Gasteiger charge is -2.09. The number of rotatable bonds is 7. The summed E-state index contributed by atoms with van der Waals surface area (Å²) in [6.07, 6.45) is 1.83. The smallest absolute Gasteiger partial charge is 0.297 e. The van der Waals surface area contributed by atoms with E-state index < -0.39 is 21.5 Å². The zero-order chi connectivity index (χ0) is 22.0. The van der Waals surface area contributed by atoms with Crippen LogP contribution in [0.25, 0.3) is 22.1 Å². The zero-order valence-electron chi connectivity index (χ0n) is 16.7. The highest BCUT2D eigenvalue weighted by atomic mass is 32.2. The van der Waals surface area contributed by atoms with Gasteiger partial charge in [-0.1, -0.05) is 19.1 Å². The van der Waals surface area contributed by atoms with Gasteiger partial charge in [0.15, 0.2) is 0 Å². The maximum absolute atomic E-state index is 12.7. The molecule has 2 N–H and O–H groups in total. The van der Waals surface area contributed by atoms with Crippen LogP contribution in [0.4, 0.5) is 11.4 Å². The monoisotopic (exact) mass is 440 g/mol. The summed E-state index contributed by atoms with van der Waals surface area (Å²) in [5.74, 6) is -0.400. The standard InChI is InChI=1S/C21H20N4O5S/c1-2-11-31(28,29)24-15-9-7-14(8-10-15)23-18(26)12-25-13-22-19-16-5-3-4-6-17(16)30-20(19)21(25)27/h3-10,13,24H,2,11-12H2,1H3,(H,23,26). The molecular formula is C21H20N4O5S. The van der Waals surface area contributed by atoms with Crippen LogP contribution >= 0.6 is 0 Å². The molecule has 0 fully saturated rings. The maximum atomic E-state index is 12.7. The predicted octanol–water partition coefficient (Wildman–Crippen LogP) is 2.93. The highest BCUT2D eigenvalue weighted by Gasteiger charge is 2.15. The van der Waals surface area contributed by atoms with E-state index >= 15 is 0 Å². The number of para-hydroxylation sites is 1. The number of nitrogens with one attached hydrogen (secondary N) is 2. The molecule has 4 aromatic rings. The number of furan rings is 1. The topological polar surface area (TPSA) is 123 Å². The first kappa shape index (κ1) is 20.6. The minimum atomic E-state index is -3.39. The summed E-state index contributed by atoms with van der Waals surface area (Å²) in [6.45, 7) is 1.54. The minimum absolute atomic E-state index is 0.0316. The normalized spacial score (nSPS) is 11.6. The Morgan fingerprint density at radius 2 is 1.81 bits per heavy atom. The molecule has 0 aliphatic heterocycles. The number of nitrogens with zero attached hydrogens (tertiary/aromatic N) is 2. The summed E-state index contributed by atoms with van der Waals surface area (Å²) in [5, 5.41) is 3.41. The fraction of sp³-hybridized carbons (Fsp3) is 0.190. The molecule has 4 rings (SSSR count). The molecule has 0 aliphatic carbocycles. The van der Waals surface area contributed by atoms with Gasteiger partial charge in [0, 0.05) is 16.8 Å². The zero-order valence-corrected chi connectivity index (χ0v) is 17.5. The average Bonchev–Trinajstić information content (AvgIpc) is 3.11. The Hall–Kier alpha value is -3.66. The molecule has 0 unspecified atom stereocenters. The van der Waals surface area contributed by atoms with E-state index in [9.17, 15) is 18.0 Å². The molecule has 0 saturated heterocycles. The van der Waals surface area contributed by atoms with Gasteiger partial charge in [-0.3, -0.25) is 18.9 Å². The van der Waals surface area contributed by atoms with E-state index in [4.69, 9.17) is 4.42 Å². The predicted molar refractivity (Wildman–Crippen MR) is 119 cm³/mol. The Kier molecular flexibility index (Phi) is 5.47. The molecule has 2 aromatic heterocycles. The first-order valence-electron chi connectivity index (χ1n) is 9.63. The summed E-state index contributed by atoms with van der Waals surface area (Å²) < 4.78 is 32.9. The van der Waals surface area contributed by atoms with Crippen molar-refractivity contribution in [3.8, 4) is 0 Å². The Morgan fingerprint density at radius 1 is 1.10 bits per heavy atom. The lowest BCUT2D eigenvalue weighted by molar-refractivity contribution is -0.116. The molecule has 31 heavy (non-hydrogen) atoms. The second kappa shape index (κ2) is 8.23. The van der Waals surface area contributed by atoms with Crippen molar-refractivity contribution in [2.24, 2.45) is 0 Å². The van der Waals surface area contributed by atoms with Crippen molar-refractivity contribution in [1.29, 1.82) is 0 Å². The molecule has 10 heteroatoms. The van der Waals surface area contributed by atoms with Gasteiger partial charge in [0.25, 0.3) is 5.56 Å². The Balaban J connectivity index is 1.47. The molecule has 9 nitrogen and oxygen atoms in total. The highest BCUT2D eigenvalue weighted by molar-refractivity contribution is 7.92. The molecular weight excluding hydrogens is 420 g/mol. The number of hydrogen-bond acceptors (Lipinski definition) is 6. The van der Waals surface area contributed by atoms with Crippen molar-refractivity contribution in [3.05, 3.63) is 65.2 Å². The summed E-state index contributed by atoms with van der Waals surface area (Å²) in [5.41, 5.74) is 1.53. The number of aromatic nitrogens is 2. The van der Waals surface area contributed by atoms with Crippen molar-refractivity contribution >= 4 is 49.4 Å². The van der Waals surface area contributed by atoms with Gasteiger partial charge in [0.05, 0.1) is 12.1 Å². The lowest BCUT2D eigenvalue weighted by atomic mass is 10.2.